The maximum Gasteiger partial charge on any atom is 0.0865 e. The first kappa shape index (κ1) is 22.9. The van der Waals surface area contributed by atoms with Crippen LogP contribution < -0.4 is 0 Å². The van der Waals surface area contributed by atoms with E-state index in [1.54, 1.807) is 0 Å². The average molecular weight is 423 g/mol. The van der Waals surface area contributed by atoms with Gasteiger partial charge < -0.3 is 4.90 Å². The van der Waals surface area contributed by atoms with Gasteiger partial charge >= 0.3 is 0 Å². The summed E-state index contributed by atoms with van der Waals surface area (Å²) in [5.41, 5.74) is 1.99. The van der Waals surface area contributed by atoms with Gasteiger partial charge in [-0.3, -0.25) is 0 Å². The van der Waals surface area contributed by atoms with Gasteiger partial charge in [0, 0.05) is 11.6 Å². The zero-order valence-corrected chi connectivity index (χ0v) is 19.1. The number of halogens is 1. The normalized spacial score (nSPS) is 16.5. The number of hydrogen-bond acceptors (Lipinski definition) is 2. The molecule has 3 heteroatoms. The van der Waals surface area contributed by atoms with E-state index in [1.165, 1.54) is 18.4 Å². The molecule has 1 unspecified atom stereocenters. The molecule has 1 aliphatic carbocycles. The predicted molar refractivity (Wildman–Crippen MR) is 127 cm³/mol. The van der Waals surface area contributed by atoms with E-state index >= 15 is 0 Å². The van der Waals surface area contributed by atoms with Crippen molar-refractivity contribution < 1.29 is 0 Å². The van der Waals surface area contributed by atoms with Crippen LogP contribution in [0.1, 0.15) is 63.0 Å². The maximum absolute atomic E-state index is 10.4. The van der Waals surface area contributed by atoms with E-state index < -0.39 is 5.41 Å². The lowest BCUT2D eigenvalue weighted by Crippen LogP contribution is -2.35. The number of nitriles is 1. The Morgan fingerprint density at radius 1 is 1.00 bits per heavy atom. The van der Waals surface area contributed by atoms with Gasteiger partial charge in [0.2, 0.25) is 0 Å². The predicted octanol–water partition coefficient (Wildman–Crippen LogP) is 7.03. The van der Waals surface area contributed by atoms with Gasteiger partial charge in [-0.15, -0.1) is 0 Å². The van der Waals surface area contributed by atoms with Crippen molar-refractivity contribution in [1.82, 2.24) is 4.90 Å². The zero-order valence-electron chi connectivity index (χ0n) is 18.3. The van der Waals surface area contributed by atoms with Crippen LogP contribution in [-0.2, 0) is 11.8 Å². The van der Waals surface area contributed by atoms with E-state index in [0.29, 0.717) is 5.92 Å². The third-order valence-corrected chi connectivity index (χ3v) is 7.08. The Hall–Kier alpha value is -1.82. The minimum atomic E-state index is -0.452. The summed E-state index contributed by atoms with van der Waals surface area (Å²) < 4.78 is 0. The van der Waals surface area contributed by atoms with Crippen LogP contribution in [0.3, 0.4) is 0 Å². The molecule has 1 aliphatic rings. The zero-order chi connectivity index (χ0) is 21.2. The van der Waals surface area contributed by atoms with E-state index in [4.69, 9.17) is 11.6 Å². The number of hydrogen-bond donors (Lipinski definition) is 0. The Kier molecular flexibility index (Phi) is 8.79. The molecule has 2 aromatic rings. The van der Waals surface area contributed by atoms with Crippen molar-refractivity contribution in [1.29, 1.82) is 5.26 Å². The first-order chi connectivity index (χ1) is 14.7. The first-order valence-electron chi connectivity index (χ1n) is 11.6. The van der Waals surface area contributed by atoms with Gasteiger partial charge in [-0.1, -0.05) is 79.9 Å². The standard InChI is InChI=1S/C27H35ClN2/c1-2-19-30(21-17-23-11-4-3-5-12-23)20-10-18-27(22-29,24-13-6-7-14-24)25-15-8-9-16-26(25)28/h3-5,8-9,11-12,15-16,24H,2,6-7,10,13-14,17-21H2,1H3. The molecule has 2 aromatic carbocycles. The molecule has 0 N–H and O–H groups in total. The van der Waals surface area contributed by atoms with Gasteiger partial charge in [-0.05, 0) is 74.7 Å². The minimum Gasteiger partial charge on any atom is -0.303 e. The van der Waals surface area contributed by atoms with Crippen LogP contribution in [0.2, 0.25) is 5.02 Å². The van der Waals surface area contributed by atoms with Crippen molar-refractivity contribution in [2.75, 3.05) is 19.6 Å². The van der Waals surface area contributed by atoms with Crippen molar-refractivity contribution in [3.05, 3.63) is 70.7 Å². The van der Waals surface area contributed by atoms with Crippen molar-refractivity contribution >= 4 is 11.6 Å². The third-order valence-electron chi connectivity index (χ3n) is 6.75. The number of rotatable bonds is 11. The summed E-state index contributed by atoms with van der Waals surface area (Å²) in [4.78, 5) is 2.57. The highest BCUT2D eigenvalue weighted by molar-refractivity contribution is 6.31. The highest BCUT2D eigenvalue weighted by Crippen LogP contribution is 2.47. The molecular formula is C27H35ClN2. The summed E-state index contributed by atoms with van der Waals surface area (Å²) >= 11 is 6.61. The maximum atomic E-state index is 10.4. The van der Waals surface area contributed by atoms with Crippen molar-refractivity contribution in [3.8, 4) is 6.07 Å². The first-order valence-corrected chi connectivity index (χ1v) is 12.0. The van der Waals surface area contributed by atoms with E-state index in [9.17, 15) is 5.26 Å². The second-order valence-electron chi connectivity index (χ2n) is 8.73. The van der Waals surface area contributed by atoms with Crippen LogP contribution >= 0.6 is 11.6 Å². The van der Waals surface area contributed by atoms with Gasteiger partial charge in [0.05, 0.1) is 11.5 Å². The second kappa shape index (κ2) is 11.5. The molecule has 2 nitrogen and oxygen atoms in total. The van der Waals surface area contributed by atoms with Crippen LogP contribution in [0, 0.1) is 17.2 Å². The molecule has 0 aliphatic heterocycles. The van der Waals surface area contributed by atoms with Crippen molar-refractivity contribution in [3.63, 3.8) is 0 Å². The Morgan fingerprint density at radius 2 is 1.70 bits per heavy atom. The summed E-state index contributed by atoms with van der Waals surface area (Å²) in [5, 5.41) is 11.2. The highest BCUT2D eigenvalue weighted by Gasteiger charge is 2.42. The topological polar surface area (TPSA) is 27.0 Å². The van der Waals surface area contributed by atoms with Crippen LogP contribution in [0.5, 0.6) is 0 Å². The third kappa shape index (κ3) is 5.65. The lowest BCUT2D eigenvalue weighted by atomic mass is 9.67. The molecule has 0 radical (unpaired) electrons. The van der Waals surface area contributed by atoms with Gasteiger partial charge in [0.15, 0.2) is 0 Å². The van der Waals surface area contributed by atoms with Crippen LogP contribution in [0.25, 0.3) is 0 Å². The fourth-order valence-corrected chi connectivity index (χ4v) is 5.48. The van der Waals surface area contributed by atoms with Gasteiger partial charge in [-0.25, -0.2) is 0 Å². The Bertz CT molecular complexity index is 807. The fraction of sp³-hybridized carbons (Fsp3) is 0.519. The Labute approximate surface area is 187 Å². The molecule has 0 spiro atoms. The molecule has 30 heavy (non-hydrogen) atoms. The largest absolute Gasteiger partial charge is 0.303 e. The minimum absolute atomic E-state index is 0.423. The molecule has 0 saturated heterocycles. The summed E-state index contributed by atoms with van der Waals surface area (Å²) in [6.45, 7) is 5.48. The molecule has 0 aromatic heterocycles. The summed E-state index contributed by atoms with van der Waals surface area (Å²) in [5.74, 6) is 0.423. The lowest BCUT2D eigenvalue weighted by molar-refractivity contribution is 0.247. The molecule has 1 fully saturated rings. The number of benzene rings is 2. The highest BCUT2D eigenvalue weighted by atomic mass is 35.5. The Balaban J connectivity index is 1.68. The van der Waals surface area contributed by atoms with Crippen molar-refractivity contribution in [2.45, 2.75) is 63.7 Å². The summed E-state index contributed by atoms with van der Waals surface area (Å²) in [6, 6.07) is 21.5. The smallest absolute Gasteiger partial charge is 0.0865 e. The molecule has 0 amide bonds. The van der Waals surface area contributed by atoms with Gasteiger partial charge in [0.25, 0.3) is 0 Å². The molecule has 1 saturated carbocycles. The van der Waals surface area contributed by atoms with Crippen molar-refractivity contribution in [2.24, 2.45) is 5.92 Å². The molecule has 3 rings (SSSR count). The Morgan fingerprint density at radius 3 is 2.37 bits per heavy atom. The van der Waals surface area contributed by atoms with Crippen LogP contribution in [0.15, 0.2) is 54.6 Å². The van der Waals surface area contributed by atoms with E-state index in [0.717, 1.165) is 68.7 Å². The van der Waals surface area contributed by atoms with Crippen LogP contribution in [-0.4, -0.2) is 24.5 Å². The fourth-order valence-electron chi connectivity index (χ4n) is 5.17. The molecule has 0 bridgehead atoms. The summed E-state index contributed by atoms with van der Waals surface area (Å²) in [7, 11) is 0. The van der Waals surface area contributed by atoms with Crippen LogP contribution in [0.4, 0.5) is 0 Å². The lowest BCUT2D eigenvalue weighted by Gasteiger charge is -2.35. The quantitative estimate of drug-likeness (QED) is 0.388. The van der Waals surface area contributed by atoms with E-state index in [-0.39, 0.29) is 0 Å². The summed E-state index contributed by atoms with van der Waals surface area (Å²) in [6.07, 6.45) is 8.92. The van der Waals surface area contributed by atoms with E-state index in [1.807, 2.05) is 18.2 Å². The SMILES string of the molecule is CCCN(CCCC(C#N)(c1ccccc1Cl)C1CCCC1)CCc1ccccc1. The second-order valence-corrected chi connectivity index (χ2v) is 9.13. The monoisotopic (exact) mass is 422 g/mol. The number of nitrogens with zero attached hydrogens (tertiary/aromatic N) is 2. The molecule has 1 atom stereocenters. The molecular weight excluding hydrogens is 388 g/mol. The van der Waals surface area contributed by atoms with E-state index in [2.05, 4.69) is 54.3 Å². The van der Waals surface area contributed by atoms with Gasteiger partial charge in [-0.2, -0.15) is 5.26 Å². The molecule has 0 heterocycles. The molecule has 160 valence electrons. The average Bonchev–Trinajstić information content (AvgIpc) is 3.32. The van der Waals surface area contributed by atoms with Gasteiger partial charge in [0.1, 0.15) is 0 Å².